The maximum absolute atomic E-state index is 12.7. The minimum Gasteiger partial charge on any atom is -0.477 e. The Hall–Kier alpha value is -2.54. The number of nitrogens with zero attached hydrogens (tertiary/aromatic N) is 2. The molecule has 0 N–H and O–H groups in total. The number of hydrogen-bond donors (Lipinski definition) is 0. The van der Waals surface area contributed by atoms with Gasteiger partial charge in [-0.15, -0.1) is 11.8 Å². The summed E-state index contributed by atoms with van der Waals surface area (Å²) in [6.45, 7) is 2.50. The van der Waals surface area contributed by atoms with Crippen LogP contribution < -0.4 is 9.64 Å². The molecule has 7 heteroatoms. The summed E-state index contributed by atoms with van der Waals surface area (Å²) >= 11 is 1.75. The Labute approximate surface area is 149 Å². The van der Waals surface area contributed by atoms with Crippen LogP contribution in [0, 0.1) is 10.1 Å². The lowest BCUT2D eigenvalue weighted by Gasteiger charge is -2.22. The molecule has 0 aromatic heterocycles. The van der Waals surface area contributed by atoms with Gasteiger partial charge in [0.05, 0.1) is 10.6 Å². The van der Waals surface area contributed by atoms with Crippen LogP contribution >= 0.6 is 11.8 Å². The molecule has 0 spiro atoms. The average Bonchev–Trinajstić information content (AvgIpc) is 2.78. The van der Waals surface area contributed by atoms with Gasteiger partial charge in [0.2, 0.25) is 0 Å². The minimum absolute atomic E-state index is 0.103. The van der Waals surface area contributed by atoms with Gasteiger partial charge in [-0.1, -0.05) is 31.2 Å². The van der Waals surface area contributed by atoms with E-state index in [1.807, 2.05) is 24.3 Å². The molecule has 0 fully saturated rings. The summed E-state index contributed by atoms with van der Waals surface area (Å²) in [4.78, 5) is 26.0. The van der Waals surface area contributed by atoms with Gasteiger partial charge in [-0.25, -0.2) is 0 Å². The lowest BCUT2D eigenvalue weighted by molar-refractivity contribution is -0.385. The number of fused-ring (bicyclic) bond motifs is 1. The standard InChI is InChI=1S/C18H18N2O4S/c1-13-10-11-19(15-7-3-5-9-17(15)25-13)18(21)12-24-16-8-4-2-6-14(16)20(22)23/h2-9,13H,10-12H2,1H3/t13-/m1/s1. The smallest absolute Gasteiger partial charge is 0.310 e. The van der Waals surface area contributed by atoms with Crippen LogP contribution in [0.4, 0.5) is 11.4 Å². The fourth-order valence-electron chi connectivity index (χ4n) is 2.69. The molecule has 2 aromatic rings. The van der Waals surface area contributed by atoms with Crippen molar-refractivity contribution in [1.82, 2.24) is 0 Å². The molecule has 6 nitrogen and oxygen atoms in total. The number of carbonyl (C=O) groups is 1. The van der Waals surface area contributed by atoms with Crippen molar-refractivity contribution in [1.29, 1.82) is 0 Å². The molecule has 1 heterocycles. The van der Waals surface area contributed by atoms with E-state index in [1.54, 1.807) is 28.8 Å². The van der Waals surface area contributed by atoms with Crippen molar-refractivity contribution in [3.05, 3.63) is 58.6 Å². The predicted octanol–water partition coefficient (Wildman–Crippen LogP) is 3.89. The summed E-state index contributed by atoms with van der Waals surface area (Å²) in [5.74, 6) is -0.105. The molecule has 0 saturated carbocycles. The minimum atomic E-state index is -0.515. The number of ether oxygens (including phenoxy) is 1. The van der Waals surface area contributed by atoms with Gasteiger partial charge >= 0.3 is 5.69 Å². The van der Waals surface area contributed by atoms with Crippen LogP contribution in [0.25, 0.3) is 0 Å². The lowest BCUT2D eigenvalue weighted by Crippen LogP contribution is -2.36. The van der Waals surface area contributed by atoms with Crippen LogP contribution in [0.3, 0.4) is 0 Å². The number of hydrogen-bond acceptors (Lipinski definition) is 5. The largest absolute Gasteiger partial charge is 0.477 e. The number of rotatable bonds is 4. The van der Waals surface area contributed by atoms with E-state index in [-0.39, 0.29) is 24.0 Å². The van der Waals surface area contributed by atoms with Crippen LogP contribution in [0.2, 0.25) is 0 Å². The third-order valence-corrected chi connectivity index (χ3v) is 5.19. The van der Waals surface area contributed by atoms with E-state index in [0.29, 0.717) is 11.8 Å². The molecule has 1 aliphatic heterocycles. The van der Waals surface area contributed by atoms with E-state index in [1.165, 1.54) is 12.1 Å². The highest BCUT2D eigenvalue weighted by molar-refractivity contribution is 8.00. The Balaban J connectivity index is 1.77. The zero-order valence-corrected chi connectivity index (χ0v) is 14.6. The van der Waals surface area contributed by atoms with E-state index >= 15 is 0 Å². The Morgan fingerprint density at radius 1 is 1.28 bits per heavy atom. The van der Waals surface area contributed by atoms with Crippen molar-refractivity contribution >= 4 is 29.0 Å². The highest BCUT2D eigenvalue weighted by Crippen LogP contribution is 2.37. The van der Waals surface area contributed by atoms with Crippen molar-refractivity contribution in [2.75, 3.05) is 18.1 Å². The molecule has 0 radical (unpaired) electrons. The summed E-state index contributed by atoms with van der Waals surface area (Å²) in [5.41, 5.74) is 0.726. The first-order valence-electron chi connectivity index (χ1n) is 7.98. The zero-order valence-electron chi connectivity index (χ0n) is 13.8. The van der Waals surface area contributed by atoms with Crippen LogP contribution in [0.5, 0.6) is 5.75 Å². The number of nitro benzene ring substituents is 1. The Morgan fingerprint density at radius 3 is 2.80 bits per heavy atom. The van der Waals surface area contributed by atoms with Crippen molar-refractivity contribution in [3.8, 4) is 5.75 Å². The maximum Gasteiger partial charge on any atom is 0.310 e. The highest BCUT2D eigenvalue weighted by Gasteiger charge is 2.25. The van der Waals surface area contributed by atoms with E-state index < -0.39 is 4.92 Å². The third-order valence-electron chi connectivity index (χ3n) is 3.96. The average molecular weight is 358 g/mol. The Kier molecular flexibility index (Phi) is 5.23. The lowest BCUT2D eigenvalue weighted by atomic mass is 10.2. The van der Waals surface area contributed by atoms with Crippen molar-refractivity contribution in [3.63, 3.8) is 0 Å². The number of nitro groups is 1. The number of para-hydroxylation sites is 3. The summed E-state index contributed by atoms with van der Waals surface area (Å²) < 4.78 is 5.46. The maximum atomic E-state index is 12.7. The first kappa shape index (κ1) is 17.3. The van der Waals surface area contributed by atoms with Gasteiger partial charge in [-0.2, -0.15) is 0 Å². The monoisotopic (exact) mass is 358 g/mol. The molecule has 0 unspecified atom stereocenters. The van der Waals surface area contributed by atoms with E-state index in [4.69, 9.17) is 4.74 Å². The molecule has 2 aromatic carbocycles. The summed E-state index contributed by atoms with van der Waals surface area (Å²) in [6.07, 6.45) is 0.872. The van der Waals surface area contributed by atoms with Gasteiger partial charge in [0.15, 0.2) is 12.4 Å². The van der Waals surface area contributed by atoms with Crippen LogP contribution in [0.15, 0.2) is 53.4 Å². The second kappa shape index (κ2) is 7.57. The molecule has 3 rings (SSSR count). The van der Waals surface area contributed by atoms with Gasteiger partial charge in [0, 0.05) is 22.8 Å². The van der Waals surface area contributed by atoms with Crippen molar-refractivity contribution in [2.45, 2.75) is 23.5 Å². The van der Waals surface area contributed by atoms with Crippen molar-refractivity contribution in [2.24, 2.45) is 0 Å². The second-order valence-corrected chi connectivity index (χ2v) is 7.22. The quantitative estimate of drug-likeness (QED) is 0.612. The zero-order chi connectivity index (χ0) is 17.8. The fourth-order valence-corrected chi connectivity index (χ4v) is 3.81. The molecule has 1 amide bonds. The molecular weight excluding hydrogens is 340 g/mol. The normalized spacial score (nSPS) is 16.7. The Bertz CT molecular complexity index is 796. The SMILES string of the molecule is C[C@@H]1CCN(C(=O)COc2ccccc2[N+](=O)[O-])c2ccccc2S1. The number of thioether (sulfide) groups is 1. The van der Waals surface area contributed by atoms with Crippen LogP contribution in [0.1, 0.15) is 13.3 Å². The molecule has 0 saturated heterocycles. The van der Waals surface area contributed by atoms with Crippen molar-refractivity contribution < 1.29 is 14.5 Å². The van der Waals surface area contributed by atoms with Gasteiger partial charge in [-0.05, 0) is 24.6 Å². The molecular formula is C18H18N2O4S. The number of amides is 1. The number of anilines is 1. The fraction of sp³-hybridized carbons (Fsp3) is 0.278. The number of carbonyl (C=O) groups excluding carboxylic acids is 1. The molecule has 130 valence electrons. The predicted molar refractivity (Wildman–Crippen MR) is 97.3 cm³/mol. The van der Waals surface area contributed by atoms with E-state index in [0.717, 1.165) is 17.0 Å². The Morgan fingerprint density at radius 2 is 2.00 bits per heavy atom. The summed E-state index contributed by atoms with van der Waals surface area (Å²) in [7, 11) is 0. The third kappa shape index (κ3) is 3.93. The highest BCUT2D eigenvalue weighted by atomic mass is 32.2. The second-order valence-electron chi connectivity index (χ2n) is 5.74. The molecule has 25 heavy (non-hydrogen) atoms. The first-order chi connectivity index (χ1) is 12.1. The van der Waals surface area contributed by atoms with E-state index in [2.05, 4.69) is 6.92 Å². The molecule has 0 bridgehead atoms. The van der Waals surface area contributed by atoms with Gasteiger partial charge in [-0.3, -0.25) is 14.9 Å². The molecule has 1 aliphatic rings. The number of benzene rings is 2. The van der Waals surface area contributed by atoms with Crippen LogP contribution in [-0.2, 0) is 4.79 Å². The molecule has 0 aliphatic carbocycles. The first-order valence-corrected chi connectivity index (χ1v) is 8.86. The topological polar surface area (TPSA) is 72.7 Å². The summed E-state index contributed by atoms with van der Waals surface area (Å²) in [5, 5.41) is 11.5. The van der Waals surface area contributed by atoms with Gasteiger partial charge in [0.25, 0.3) is 5.91 Å². The van der Waals surface area contributed by atoms with Gasteiger partial charge < -0.3 is 9.64 Å². The summed E-state index contributed by atoms with van der Waals surface area (Å²) in [6, 6.07) is 13.9. The van der Waals surface area contributed by atoms with Gasteiger partial charge in [0.1, 0.15) is 0 Å². The molecule has 1 atom stereocenters. The van der Waals surface area contributed by atoms with Crippen LogP contribution in [-0.4, -0.2) is 29.2 Å². The van der Waals surface area contributed by atoms with E-state index in [9.17, 15) is 14.9 Å².